The topological polar surface area (TPSA) is 56.8 Å². The summed E-state index contributed by atoms with van der Waals surface area (Å²) in [7, 11) is 3.26. The number of amides is 1. The second-order valence-electron chi connectivity index (χ2n) is 6.92. The smallest absolute Gasteiger partial charge is 0.223 e. The summed E-state index contributed by atoms with van der Waals surface area (Å²) in [5.41, 5.74) is 0. The van der Waals surface area contributed by atoms with Gasteiger partial charge >= 0.3 is 0 Å². The van der Waals surface area contributed by atoms with Crippen LogP contribution in [-0.2, 0) is 9.53 Å². The van der Waals surface area contributed by atoms with Gasteiger partial charge in [0, 0.05) is 25.1 Å². The molecule has 1 amide bonds. The zero-order valence-corrected chi connectivity index (χ0v) is 14.8. The highest BCUT2D eigenvalue weighted by Crippen LogP contribution is 2.36. The molecule has 1 aromatic carbocycles. The van der Waals surface area contributed by atoms with E-state index >= 15 is 0 Å². The number of carbonyl (C=O) groups is 1. The number of hydrogen-bond acceptors (Lipinski definition) is 4. The first-order chi connectivity index (χ1) is 12.1. The van der Waals surface area contributed by atoms with Crippen LogP contribution in [0.4, 0.5) is 4.39 Å². The number of halogens is 1. The third-order valence-corrected chi connectivity index (χ3v) is 5.24. The van der Waals surface area contributed by atoms with Crippen molar-refractivity contribution in [2.45, 2.75) is 56.8 Å². The molecule has 3 rings (SSSR count). The van der Waals surface area contributed by atoms with Gasteiger partial charge in [-0.05, 0) is 50.7 Å². The van der Waals surface area contributed by atoms with Crippen LogP contribution >= 0.6 is 0 Å². The molecular weight excluding hydrogens is 325 g/mol. The summed E-state index contributed by atoms with van der Waals surface area (Å²) < 4.78 is 29.7. The third kappa shape index (κ3) is 4.42. The Labute approximate surface area is 147 Å². The molecule has 0 radical (unpaired) electrons. The molecular formula is C19H26FNO4. The monoisotopic (exact) mass is 351 g/mol. The normalized spacial score (nSPS) is 28.8. The van der Waals surface area contributed by atoms with Gasteiger partial charge in [-0.3, -0.25) is 4.79 Å². The Morgan fingerprint density at radius 1 is 1.08 bits per heavy atom. The van der Waals surface area contributed by atoms with Gasteiger partial charge in [-0.15, -0.1) is 0 Å². The zero-order chi connectivity index (χ0) is 17.8. The summed E-state index contributed by atoms with van der Waals surface area (Å²) >= 11 is 0. The first-order valence-electron chi connectivity index (χ1n) is 8.92. The second-order valence-corrected chi connectivity index (χ2v) is 6.92. The van der Waals surface area contributed by atoms with Gasteiger partial charge in [0.25, 0.3) is 0 Å². The van der Waals surface area contributed by atoms with Crippen LogP contribution in [0.25, 0.3) is 0 Å². The maximum Gasteiger partial charge on any atom is 0.223 e. The molecule has 0 saturated heterocycles. The van der Waals surface area contributed by atoms with E-state index in [4.69, 9.17) is 14.2 Å². The van der Waals surface area contributed by atoms with E-state index in [-0.39, 0.29) is 29.8 Å². The first kappa shape index (κ1) is 18.0. The van der Waals surface area contributed by atoms with Crippen molar-refractivity contribution >= 4 is 5.91 Å². The molecule has 2 aliphatic carbocycles. The van der Waals surface area contributed by atoms with Crippen LogP contribution in [0, 0.1) is 11.7 Å². The second kappa shape index (κ2) is 8.04. The fourth-order valence-electron chi connectivity index (χ4n) is 3.56. The van der Waals surface area contributed by atoms with Crippen molar-refractivity contribution in [1.29, 1.82) is 0 Å². The van der Waals surface area contributed by atoms with E-state index in [0.29, 0.717) is 30.4 Å². The molecule has 0 bridgehead atoms. The molecule has 0 heterocycles. The molecule has 1 aromatic rings. The Bertz CT molecular complexity index is 595. The largest absolute Gasteiger partial charge is 0.493 e. The van der Waals surface area contributed by atoms with Crippen LogP contribution in [-0.4, -0.2) is 38.4 Å². The fourth-order valence-corrected chi connectivity index (χ4v) is 3.56. The fraction of sp³-hybridized carbons (Fsp3) is 0.632. The highest BCUT2D eigenvalue weighted by Gasteiger charge is 2.37. The summed E-state index contributed by atoms with van der Waals surface area (Å²) in [6.45, 7) is 0. The van der Waals surface area contributed by atoms with Crippen molar-refractivity contribution in [2.24, 2.45) is 5.92 Å². The summed E-state index contributed by atoms with van der Waals surface area (Å²) in [5.74, 6) is 0.612. The van der Waals surface area contributed by atoms with Crippen molar-refractivity contribution in [3.05, 3.63) is 24.0 Å². The van der Waals surface area contributed by atoms with Crippen molar-refractivity contribution in [3.63, 3.8) is 0 Å². The van der Waals surface area contributed by atoms with E-state index in [1.54, 1.807) is 13.2 Å². The van der Waals surface area contributed by atoms with Crippen molar-refractivity contribution < 1.29 is 23.4 Å². The van der Waals surface area contributed by atoms with E-state index in [9.17, 15) is 9.18 Å². The molecule has 0 unspecified atom stereocenters. The predicted octanol–water partition coefficient (Wildman–Crippen LogP) is 3.07. The summed E-state index contributed by atoms with van der Waals surface area (Å²) in [5, 5.41) is 3.15. The summed E-state index contributed by atoms with van der Waals surface area (Å²) in [6.07, 6.45) is 5.49. The molecule has 2 fully saturated rings. The van der Waals surface area contributed by atoms with Crippen molar-refractivity contribution in [2.75, 3.05) is 14.2 Å². The summed E-state index contributed by atoms with van der Waals surface area (Å²) in [4.78, 5) is 12.3. The van der Waals surface area contributed by atoms with E-state index in [2.05, 4.69) is 5.32 Å². The quantitative estimate of drug-likeness (QED) is 0.856. The van der Waals surface area contributed by atoms with Crippen LogP contribution < -0.4 is 14.8 Å². The van der Waals surface area contributed by atoms with E-state index < -0.39 is 0 Å². The minimum atomic E-state index is -0.365. The van der Waals surface area contributed by atoms with Crippen LogP contribution in [0.5, 0.6) is 11.5 Å². The number of methoxy groups -OCH3 is 2. The number of rotatable bonds is 6. The summed E-state index contributed by atoms with van der Waals surface area (Å²) in [6, 6.07) is 4.45. The van der Waals surface area contributed by atoms with Gasteiger partial charge in [-0.2, -0.15) is 0 Å². The van der Waals surface area contributed by atoms with E-state index in [1.807, 2.05) is 0 Å². The van der Waals surface area contributed by atoms with Crippen LogP contribution in [0.1, 0.15) is 38.5 Å². The lowest BCUT2D eigenvalue weighted by molar-refractivity contribution is -0.131. The van der Waals surface area contributed by atoms with Gasteiger partial charge in [0.2, 0.25) is 5.91 Å². The van der Waals surface area contributed by atoms with Crippen molar-refractivity contribution in [1.82, 2.24) is 5.32 Å². The average molecular weight is 351 g/mol. The highest BCUT2D eigenvalue weighted by atomic mass is 19.1. The Balaban J connectivity index is 1.43. The molecule has 6 heteroatoms. The predicted molar refractivity (Wildman–Crippen MR) is 91.3 cm³/mol. The Hall–Kier alpha value is -1.82. The minimum Gasteiger partial charge on any atom is -0.493 e. The van der Waals surface area contributed by atoms with Gasteiger partial charge in [-0.25, -0.2) is 4.39 Å². The number of benzene rings is 1. The molecule has 0 spiro atoms. The highest BCUT2D eigenvalue weighted by molar-refractivity contribution is 5.80. The lowest BCUT2D eigenvalue weighted by Crippen LogP contribution is -2.47. The van der Waals surface area contributed by atoms with Crippen molar-refractivity contribution in [3.8, 4) is 11.5 Å². The van der Waals surface area contributed by atoms with Gasteiger partial charge in [0.05, 0.1) is 13.2 Å². The Morgan fingerprint density at radius 3 is 2.44 bits per heavy atom. The molecule has 138 valence electrons. The Kier molecular flexibility index (Phi) is 5.78. The van der Waals surface area contributed by atoms with Gasteiger partial charge in [0.1, 0.15) is 11.9 Å². The average Bonchev–Trinajstić information content (AvgIpc) is 2.58. The number of hydrogen-bond donors (Lipinski definition) is 1. The number of carbonyl (C=O) groups excluding carboxylic acids is 1. The molecule has 0 atom stereocenters. The minimum absolute atomic E-state index is 0.0234. The maximum absolute atomic E-state index is 13.4. The first-order valence-corrected chi connectivity index (χ1v) is 8.92. The van der Waals surface area contributed by atoms with E-state index in [0.717, 1.165) is 25.7 Å². The SMILES string of the molecule is COc1ccc(F)cc1OC1CC(C(=O)NC2CCC(OC)CC2)C1. The molecule has 0 aromatic heterocycles. The Morgan fingerprint density at radius 2 is 1.80 bits per heavy atom. The third-order valence-electron chi connectivity index (χ3n) is 5.24. The molecule has 25 heavy (non-hydrogen) atoms. The molecule has 2 aliphatic rings. The molecule has 5 nitrogen and oxygen atoms in total. The maximum atomic E-state index is 13.4. The zero-order valence-electron chi connectivity index (χ0n) is 14.8. The standard InChI is InChI=1S/C19H26FNO4/c1-23-15-6-4-14(5-7-15)21-19(22)12-9-16(10-12)25-18-11-13(20)3-8-17(18)24-2/h3,8,11-12,14-16H,4-7,9-10H2,1-2H3,(H,21,22). The number of nitrogens with one attached hydrogen (secondary N) is 1. The van der Waals surface area contributed by atoms with Gasteiger partial charge in [0.15, 0.2) is 11.5 Å². The number of ether oxygens (including phenoxy) is 3. The molecule has 1 N–H and O–H groups in total. The van der Waals surface area contributed by atoms with Crippen LogP contribution in [0.2, 0.25) is 0 Å². The van der Waals surface area contributed by atoms with Gasteiger partial charge < -0.3 is 19.5 Å². The molecule has 0 aliphatic heterocycles. The van der Waals surface area contributed by atoms with Crippen LogP contribution in [0.15, 0.2) is 18.2 Å². The lowest BCUT2D eigenvalue weighted by atomic mass is 9.81. The van der Waals surface area contributed by atoms with E-state index in [1.165, 1.54) is 19.2 Å². The molecule has 2 saturated carbocycles. The lowest BCUT2D eigenvalue weighted by Gasteiger charge is -2.36. The van der Waals surface area contributed by atoms with Gasteiger partial charge in [-0.1, -0.05) is 0 Å². The van der Waals surface area contributed by atoms with Crippen LogP contribution in [0.3, 0.4) is 0 Å².